The van der Waals surface area contributed by atoms with E-state index in [0.29, 0.717) is 24.8 Å². The fraction of sp³-hybridized carbons (Fsp3) is 0.267. The number of methoxy groups -OCH3 is 1. The summed E-state index contributed by atoms with van der Waals surface area (Å²) in [5.74, 6) is 0.466. The Labute approximate surface area is 118 Å². The summed E-state index contributed by atoms with van der Waals surface area (Å²) in [4.78, 5) is 8.40. The van der Waals surface area contributed by atoms with E-state index in [0.717, 1.165) is 16.8 Å². The Morgan fingerprint density at radius 1 is 1.25 bits per heavy atom. The molecule has 102 valence electrons. The second kappa shape index (κ2) is 6.64. The van der Waals surface area contributed by atoms with Crippen molar-refractivity contribution >= 4 is 5.95 Å². The minimum Gasteiger partial charge on any atom is -0.380 e. The van der Waals surface area contributed by atoms with Crippen LogP contribution in [0.15, 0.2) is 30.3 Å². The maximum absolute atomic E-state index is 8.90. The molecule has 2 aromatic rings. The minimum absolute atomic E-state index is 0.366. The van der Waals surface area contributed by atoms with Gasteiger partial charge in [0.05, 0.1) is 6.61 Å². The van der Waals surface area contributed by atoms with Crippen LogP contribution in [0.3, 0.4) is 0 Å². The molecule has 0 fully saturated rings. The van der Waals surface area contributed by atoms with Gasteiger partial charge in [0.2, 0.25) is 5.95 Å². The average molecular weight is 268 g/mol. The second-order valence-corrected chi connectivity index (χ2v) is 4.39. The second-order valence-electron chi connectivity index (χ2n) is 4.39. The van der Waals surface area contributed by atoms with Crippen LogP contribution in [-0.4, -0.2) is 17.1 Å². The summed E-state index contributed by atoms with van der Waals surface area (Å²) in [6.45, 7) is 3.00. The lowest BCUT2D eigenvalue weighted by molar-refractivity contribution is 0.184. The van der Waals surface area contributed by atoms with Crippen LogP contribution in [0.25, 0.3) is 0 Å². The number of hydrogen-bond donors (Lipinski definition) is 1. The molecule has 1 aromatic heterocycles. The van der Waals surface area contributed by atoms with E-state index in [1.165, 1.54) is 0 Å². The molecule has 5 nitrogen and oxygen atoms in total. The number of nitrogens with zero attached hydrogens (tertiary/aromatic N) is 3. The number of aryl methyl sites for hydroxylation is 1. The van der Waals surface area contributed by atoms with E-state index in [2.05, 4.69) is 15.3 Å². The molecule has 0 amide bonds. The zero-order chi connectivity index (χ0) is 14.4. The molecule has 0 atom stereocenters. The molecule has 0 aliphatic heterocycles. The largest absolute Gasteiger partial charge is 0.380 e. The van der Waals surface area contributed by atoms with Crippen LogP contribution in [0.4, 0.5) is 5.95 Å². The average Bonchev–Trinajstić information content (AvgIpc) is 2.46. The van der Waals surface area contributed by atoms with E-state index < -0.39 is 0 Å². The predicted molar refractivity (Wildman–Crippen MR) is 76.0 cm³/mol. The summed E-state index contributed by atoms with van der Waals surface area (Å²) in [5, 5.41) is 12.0. The van der Waals surface area contributed by atoms with E-state index in [9.17, 15) is 0 Å². The summed E-state index contributed by atoms with van der Waals surface area (Å²) in [7, 11) is 1.67. The summed E-state index contributed by atoms with van der Waals surface area (Å²) in [5.41, 5.74) is 3.38. The molecular formula is C15H16N4O. The maximum atomic E-state index is 8.90. The number of ether oxygens (including phenoxy) is 1. The summed E-state index contributed by atoms with van der Waals surface area (Å²) >= 11 is 0. The fourth-order valence-electron chi connectivity index (χ4n) is 1.91. The lowest BCUT2D eigenvalue weighted by Crippen LogP contribution is -2.07. The Balaban J connectivity index is 2.13. The van der Waals surface area contributed by atoms with E-state index >= 15 is 0 Å². The Morgan fingerprint density at radius 2 is 2.00 bits per heavy atom. The van der Waals surface area contributed by atoms with Gasteiger partial charge < -0.3 is 10.1 Å². The molecule has 20 heavy (non-hydrogen) atoms. The third-order valence-corrected chi connectivity index (χ3v) is 2.82. The zero-order valence-electron chi connectivity index (χ0n) is 11.6. The van der Waals surface area contributed by atoms with Crippen molar-refractivity contribution in [3.63, 3.8) is 0 Å². The van der Waals surface area contributed by atoms with Gasteiger partial charge in [-0.3, -0.25) is 0 Å². The molecule has 0 aliphatic rings. The summed E-state index contributed by atoms with van der Waals surface area (Å²) in [6.07, 6.45) is 0. The van der Waals surface area contributed by atoms with Crippen molar-refractivity contribution in [2.45, 2.75) is 20.1 Å². The van der Waals surface area contributed by atoms with E-state index in [1.54, 1.807) is 13.2 Å². The highest BCUT2D eigenvalue weighted by Gasteiger charge is 2.04. The van der Waals surface area contributed by atoms with Gasteiger partial charge in [-0.2, -0.15) is 5.26 Å². The molecule has 0 spiro atoms. The lowest BCUT2D eigenvalue weighted by Gasteiger charge is -2.10. The molecule has 1 heterocycles. The quantitative estimate of drug-likeness (QED) is 0.901. The van der Waals surface area contributed by atoms with Crippen molar-refractivity contribution < 1.29 is 4.74 Å². The van der Waals surface area contributed by atoms with E-state index in [4.69, 9.17) is 10.00 Å². The first-order valence-electron chi connectivity index (χ1n) is 6.28. The standard InChI is InChI=1S/C15H16N4O/c1-11-7-14(8-16)19-15(18-11)17-9-12-5-3-4-6-13(12)10-20-2/h3-7H,9-10H2,1-2H3,(H,17,18,19). The van der Waals surface area contributed by atoms with Crippen molar-refractivity contribution in [1.29, 1.82) is 5.26 Å². The van der Waals surface area contributed by atoms with Crippen molar-refractivity contribution in [3.05, 3.63) is 52.8 Å². The fourth-order valence-corrected chi connectivity index (χ4v) is 1.91. The van der Waals surface area contributed by atoms with Crippen molar-refractivity contribution in [2.75, 3.05) is 12.4 Å². The van der Waals surface area contributed by atoms with Gasteiger partial charge in [-0.15, -0.1) is 0 Å². The Bertz CT molecular complexity index is 634. The molecule has 1 N–H and O–H groups in total. The smallest absolute Gasteiger partial charge is 0.224 e. The Hall–Kier alpha value is -2.45. The molecule has 0 bridgehead atoms. The third kappa shape index (κ3) is 3.53. The normalized spacial score (nSPS) is 10.1. The molecular weight excluding hydrogens is 252 g/mol. The van der Waals surface area contributed by atoms with Gasteiger partial charge in [0, 0.05) is 19.3 Å². The summed E-state index contributed by atoms with van der Waals surface area (Å²) in [6, 6.07) is 11.7. The van der Waals surface area contributed by atoms with Gasteiger partial charge in [0.1, 0.15) is 11.8 Å². The molecule has 0 saturated heterocycles. The predicted octanol–water partition coefficient (Wildman–Crippen LogP) is 2.42. The highest BCUT2D eigenvalue weighted by atomic mass is 16.5. The summed E-state index contributed by atoms with van der Waals surface area (Å²) < 4.78 is 5.17. The van der Waals surface area contributed by atoms with Crippen LogP contribution in [0.1, 0.15) is 22.5 Å². The molecule has 2 rings (SSSR count). The number of rotatable bonds is 5. The van der Waals surface area contributed by atoms with E-state index in [-0.39, 0.29) is 0 Å². The highest BCUT2D eigenvalue weighted by molar-refractivity contribution is 5.35. The maximum Gasteiger partial charge on any atom is 0.224 e. The molecule has 5 heteroatoms. The van der Waals surface area contributed by atoms with Crippen LogP contribution < -0.4 is 5.32 Å². The van der Waals surface area contributed by atoms with Crippen LogP contribution in [-0.2, 0) is 17.9 Å². The molecule has 1 aromatic carbocycles. The van der Waals surface area contributed by atoms with Crippen LogP contribution in [0.2, 0.25) is 0 Å². The molecule has 0 radical (unpaired) electrons. The minimum atomic E-state index is 0.366. The van der Waals surface area contributed by atoms with Gasteiger partial charge in [-0.1, -0.05) is 24.3 Å². The third-order valence-electron chi connectivity index (χ3n) is 2.82. The lowest BCUT2D eigenvalue weighted by atomic mass is 10.1. The van der Waals surface area contributed by atoms with Gasteiger partial charge >= 0.3 is 0 Å². The van der Waals surface area contributed by atoms with Crippen molar-refractivity contribution in [3.8, 4) is 6.07 Å². The van der Waals surface area contributed by atoms with Crippen molar-refractivity contribution in [2.24, 2.45) is 0 Å². The number of benzene rings is 1. The van der Waals surface area contributed by atoms with E-state index in [1.807, 2.05) is 37.3 Å². The van der Waals surface area contributed by atoms with Gasteiger partial charge in [-0.25, -0.2) is 9.97 Å². The van der Waals surface area contributed by atoms with Crippen LogP contribution in [0.5, 0.6) is 0 Å². The number of aromatic nitrogens is 2. The van der Waals surface area contributed by atoms with Crippen LogP contribution in [0, 0.1) is 18.3 Å². The number of anilines is 1. The molecule has 0 unspecified atom stereocenters. The monoisotopic (exact) mass is 268 g/mol. The Kier molecular flexibility index (Phi) is 4.64. The number of nitrogens with one attached hydrogen (secondary N) is 1. The van der Waals surface area contributed by atoms with Gasteiger partial charge in [0.15, 0.2) is 0 Å². The van der Waals surface area contributed by atoms with Crippen molar-refractivity contribution in [1.82, 2.24) is 9.97 Å². The first kappa shape index (κ1) is 14.0. The van der Waals surface area contributed by atoms with Gasteiger partial charge in [-0.05, 0) is 24.1 Å². The SMILES string of the molecule is COCc1ccccc1CNc1nc(C)cc(C#N)n1. The highest BCUT2D eigenvalue weighted by Crippen LogP contribution is 2.12. The topological polar surface area (TPSA) is 70.8 Å². The molecule has 0 saturated carbocycles. The first-order chi connectivity index (χ1) is 9.72. The van der Waals surface area contributed by atoms with Crippen LogP contribution >= 0.6 is 0 Å². The van der Waals surface area contributed by atoms with Gasteiger partial charge in [0.25, 0.3) is 0 Å². The Morgan fingerprint density at radius 3 is 2.70 bits per heavy atom. The zero-order valence-corrected chi connectivity index (χ0v) is 11.6. The number of nitriles is 1. The molecule has 0 aliphatic carbocycles. The number of hydrogen-bond acceptors (Lipinski definition) is 5. The first-order valence-corrected chi connectivity index (χ1v) is 6.28.